The fourth-order valence-corrected chi connectivity index (χ4v) is 7.05. The molecule has 0 fully saturated rings. The zero-order chi connectivity index (χ0) is 33.0. The van der Waals surface area contributed by atoms with Crippen LogP contribution < -0.4 is 0 Å². The van der Waals surface area contributed by atoms with Crippen molar-refractivity contribution in [2.45, 2.75) is 0 Å². The number of fused-ring (bicyclic) bond motifs is 7. The van der Waals surface area contributed by atoms with Gasteiger partial charge in [0.05, 0.1) is 11.1 Å². The summed E-state index contributed by atoms with van der Waals surface area (Å²) in [5, 5.41) is 10.00. The molecule has 0 N–H and O–H groups in total. The van der Waals surface area contributed by atoms with Crippen LogP contribution in [-0.4, -0.2) is 29.9 Å². The van der Waals surface area contributed by atoms with E-state index in [1.807, 2.05) is 48.5 Å². The third kappa shape index (κ3) is 4.58. The number of aromatic nitrogens is 6. The summed E-state index contributed by atoms with van der Waals surface area (Å²) in [6, 6.07) is 50.0. The van der Waals surface area contributed by atoms with E-state index in [0.717, 1.165) is 60.0 Å². The summed E-state index contributed by atoms with van der Waals surface area (Å²) >= 11 is 0. The van der Waals surface area contributed by atoms with Crippen LogP contribution >= 0.6 is 0 Å². The molecule has 6 heteroatoms. The van der Waals surface area contributed by atoms with Gasteiger partial charge in [-0.2, -0.15) is 0 Å². The molecule has 0 atom stereocenters. The zero-order valence-corrected chi connectivity index (χ0v) is 26.7. The van der Waals surface area contributed by atoms with Gasteiger partial charge in [0.2, 0.25) is 0 Å². The molecule has 6 nitrogen and oxygen atoms in total. The molecule has 3 aromatic heterocycles. The second kappa shape index (κ2) is 11.4. The molecule has 0 saturated heterocycles. The second-order valence-corrected chi connectivity index (χ2v) is 12.3. The Labute approximate surface area is 286 Å². The van der Waals surface area contributed by atoms with Crippen LogP contribution in [0.1, 0.15) is 0 Å². The van der Waals surface area contributed by atoms with E-state index in [0.29, 0.717) is 28.9 Å². The molecule has 232 valence electrons. The normalized spacial score (nSPS) is 11.6. The molecular formula is C44H26N6. The summed E-state index contributed by atoms with van der Waals surface area (Å²) < 4.78 is 0. The van der Waals surface area contributed by atoms with Gasteiger partial charge in [0, 0.05) is 39.7 Å². The third-order valence-electron chi connectivity index (χ3n) is 9.41. The number of nitrogens with zero attached hydrogens (tertiary/aromatic N) is 6. The van der Waals surface area contributed by atoms with Crippen molar-refractivity contribution in [2.75, 3.05) is 0 Å². The standard InChI is InChI=1S/C44H26N6/c1-4-16-31-27(11-1)14-9-20-34(31)42-48-41(49-43(50-42)35-21-10-15-28-12-2-5-17-32(28)35)30-25-45-44(46-26-30)40-37-24-23-29-13-3-6-18-33(29)39(37)36-19-7-8-22-38(36)47-40/h1-26H. The third-order valence-corrected chi connectivity index (χ3v) is 9.41. The number of hydrogen-bond acceptors (Lipinski definition) is 6. The van der Waals surface area contributed by atoms with Gasteiger partial charge in [-0.25, -0.2) is 29.9 Å². The van der Waals surface area contributed by atoms with E-state index in [2.05, 4.69) is 97.1 Å². The highest BCUT2D eigenvalue weighted by atomic mass is 15.0. The first-order valence-electron chi connectivity index (χ1n) is 16.5. The maximum atomic E-state index is 5.08. The number of benzene rings is 7. The molecule has 0 aliphatic carbocycles. The van der Waals surface area contributed by atoms with Crippen molar-refractivity contribution in [1.82, 2.24) is 29.9 Å². The lowest BCUT2D eigenvalue weighted by molar-refractivity contribution is 1.06. The first-order valence-corrected chi connectivity index (χ1v) is 16.5. The average Bonchev–Trinajstić information content (AvgIpc) is 3.19. The predicted molar refractivity (Wildman–Crippen MR) is 202 cm³/mol. The Morgan fingerprint density at radius 2 is 0.820 bits per heavy atom. The summed E-state index contributed by atoms with van der Waals surface area (Å²) in [4.78, 5) is 30.0. The van der Waals surface area contributed by atoms with Gasteiger partial charge in [-0.3, -0.25) is 0 Å². The summed E-state index contributed by atoms with van der Waals surface area (Å²) in [6.07, 6.45) is 3.59. The Balaban J connectivity index is 1.16. The minimum Gasteiger partial charge on any atom is -0.244 e. The smallest absolute Gasteiger partial charge is 0.178 e. The molecular weight excluding hydrogens is 613 g/mol. The SMILES string of the molecule is c1ccc2c(-c3nc(-c4cnc(-c5nc6ccccc6c6c5ccc5ccccc56)nc4)nc(-c4cccc5ccccc45)n3)cccc2c1. The fourth-order valence-electron chi connectivity index (χ4n) is 7.05. The van der Waals surface area contributed by atoms with Gasteiger partial charge in [-0.05, 0) is 38.4 Å². The van der Waals surface area contributed by atoms with Crippen LogP contribution in [0.15, 0.2) is 158 Å². The Morgan fingerprint density at radius 3 is 1.46 bits per heavy atom. The van der Waals surface area contributed by atoms with Gasteiger partial charge in [0.15, 0.2) is 23.3 Å². The summed E-state index contributed by atoms with van der Waals surface area (Å²) in [5.41, 5.74) is 4.19. The molecule has 0 saturated carbocycles. The van der Waals surface area contributed by atoms with Crippen LogP contribution in [0.5, 0.6) is 0 Å². The number of hydrogen-bond donors (Lipinski definition) is 0. The van der Waals surface area contributed by atoms with Crippen LogP contribution in [0.2, 0.25) is 0 Å². The molecule has 0 unspecified atom stereocenters. The highest BCUT2D eigenvalue weighted by Gasteiger charge is 2.18. The molecule has 3 heterocycles. The van der Waals surface area contributed by atoms with Gasteiger partial charge in [-0.15, -0.1) is 0 Å². The maximum absolute atomic E-state index is 5.08. The van der Waals surface area contributed by atoms with E-state index < -0.39 is 0 Å². The van der Waals surface area contributed by atoms with Crippen molar-refractivity contribution < 1.29 is 0 Å². The van der Waals surface area contributed by atoms with Crippen LogP contribution in [0.25, 0.3) is 99.7 Å². The van der Waals surface area contributed by atoms with Gasteiger partial charge < -0.3 is 0 Å². The number of para-hydroxylation sites is 1. The summed E-state index contributed by atoms with van der Waals surface area (Å²) in [5.74, 6) is 2.22. The zero-order valence-electron chi connectivity index (χ0n) is 26.7. The van der Waals surface area contributed by atoms with Crippen LogP contribution in [-0.2, 0) is 0 Å². The summed E-state index contributed by atoms with van der Waals surface area (Å²) in [6.45, 7) is 0. The molecule has 0 amide bonds. The molecule has 10 aromatic rings. The van der Waals surface area contributed by atoms with Crippen molar-refractivity contribution in [3.8, 4) is 45.7 Å². The predicted octanol–water partition coefficient (Wildman–Crippen LogP) is 10.5. The molecule has 0 aliphatic heterocycles. The minimum atomic E-state index is 0.500. The first-order chi connectivity index (χ1) is 24.8. The van der Waals surface area contributed by atoms with E-state index in [9.17, 15) is 0 Å². The van der Waals surface area contributed by atoms with Crippen molar-refractivity contribution >= 4 is 54.0 Å². The first kappa shape index (κ1) is 28.1. The van der Waals surface area contributed by atoms with Crippen molar-refractivity contribution in [3.05, 3.63) is 158 Å². The van der Waals surface area contributed by atoms with Crippen molar-refractivity contribution in [2.24, 2.45) is 0 Å². The quantitative estimate of drug-likeness (QED) is 0.179. The van der Waals surface area contributed by atoms with Crippen molar-refractivity contribution in [3.63, 3.8) is 0 Å². The molecule has 0 bridgehead atoms. The van der Waals surface area contributed by atoms with E-state index in [1.54, 1.807) is 12.4 Å². The Kier molecular flexibility index (Phi) is 6.39. The van der Waals surface area contributed by atoms with E-state index >= 15 is 0 Å². The molecule has 0 aliphatic rings. The molecule has 0 spiro atoms. The Bertz CT molecular complexity index is 2810. The Hall–Kier alpha value is -6.92. The second-order valence-electron chi connectivity index (χ2n) is 12.3. The van der Waals surface area contributed by atoms with E-state index in [1.165, 1.54) is 10.8 Å². The molecule has 0 radical (unpaired) electrons. The van der Waals surface area contributed by atoms with E-state index in [-0.39, 0.29) is 0 Å². The summed E-state index contributed by atoms with van der Waals surface area (Å²) in [7, 11) is 0. The van der Waals surface area contributed by atoms with Crippen molar-refractivity contribution in [1.29, 1.82) is 0 Å². The molecule has 50 heavy (non-hydrogen) atoms. The Morgan fingerprint density at radius 1 is 0.320 bits per heavy atom. The van der Waals surface area contributed by atoms with Gasteiger partial charge in [0.25, 0.3) is 0 Å². The fraction of sp³-hybridized carbons (Fsp3) is 0. The largest absolute Gasteiger partial charge is 0.244 e. The maximum Gasteiger partial charge on any atom is 0.178 e. The molecule has 10 rings (SSSR count). The average molecular weight is 639 g/mol. The lowest BCUT2D eigenvalue weighted by Gasteiger charge is -2.12. The van der Waals surface area contributed by atoms with Crippen LogP contribution in [0.4, 0.5) is 0 Å². The highest BCUT2D eigenvalue weighted by molar-refractivity contribution is 6.22. The lowest BCUT2D eigenvalue weighted by atomic mass is 9.97. The highest BCUT2D eigenvalue weighted by Crippen LogP contribution is 2.37. The topological polar surface area (TPSA) is 77.3 Å². The molecule has 7 aromatic carbocycles. The lowest BCUT2D eigenvalue weighted by Crippen LogP contribution is -2.02. The van der Waals surface area contributed by atoms with Gasteiger partial charge >= 0.3 is 0 Å². The monoisotopic (exact) mass is 638 g/mol. The van der Waals surface area contributed by atoms with Gasteiger partial charge in [-0.1, -0.05) is 140 Å². The minimum absolute atomic E-state index is 0.500. The number of rotatable bonds is 4. The number of pyridine rings is 1. The van der Waals surface area contributed by atoms with E-state index in [4.69, 9.17) is 29.9 Å². The van der Waals surface area contributed by atoms with Crippen LogP contribution in [0, 0.1) is 0 Å². The van der Waals surface area contributed by atoms with Gasteiger partial charge in [0.1, 0.15) is 5.69 Å². The van der Waals surface area contributed by atoms with Crippen LogP contribution in [0.3, 0.4) is 0 Å².